The minimum absolute atomic E-state index is 0.0390. The first-order chi connectivity index (χ1) is 13.5. The van der Waals surface area contributed by atoms with Crippen LogP contribution < -0.4 is 21.7 Å². The number of alkyl carbamates (subject to hydrolysis) is 1. The number of nitrogens with two attached hydrogens (primary N) is 2. The van der Waals surface area contributed by atoms with Gasteiger partial charge >= 0.3 is 6.09 Å². The Labute approximate surface area is 177 Å². The smallest absolute Gasteiger partial charge is 0.407 e. The molecule has 3 rings (SSSR count). The average molecular weight is 425 g/mol. The molecule has 1 aliphatic carbocycles. The lowest BCUT2D eigenvalue weighted by Gasteiger charge is -2.44. The van der Waals surface area contributed by atoms with Gasteiger partial charge in [-0.2, -0.15) is 0 Å². The van der Waals surface area contributed by atoms with E-state index in [0.29, 0.717) is 18.9 Å². The highest BCUT2D eigenvalue weighted by Gasteiger charge is 2.46. The summed E-state index contributed by atoms with van der Waals surface area (Å²) in [4.78, 5) is 22.9. The Balaban J connectivity index is 1.71. The van der Waals surface area contributed by atoms with Gasteiger partial charge in [0, 0.05) is 19.1 Å². The number of hydrogen-bond donors (Lipinski definition) is 5. The van der Waals surface area contributed by atoms with Crippen molar-refractivity contribution in [1.29, 1.82) is 0 Å². The van der Waals surface area contributed by atoms with Gasteiger partial charge in [-0.1, -0.05) is 6.42 Å². The Morgan fingerprint density at radius 2 is 2.00 bits per heavy atom. The second kappa shape index (κ2) is 8.16. The fourth-order valence-corrected chi connectivity index (χ4v) is 4.61. The molecule has 2 fully saturated rings. The lowest BCUT2D eigenvalue weighted by Crippen LogP contribution is -2.51. The molecule has 6 N–H and O–H groups in total. The van der Waals surface area contributed by atoms with Crippen LogP contribution >= 0.6 is 12.6 Å². The zero-order valence-corrected chi connectivity index (χ0v) is 18.2. The van der Waals surface area contributed by atoms with Crippen molar-refractivity contribution in [2.75, 3.05) is 23.7 Å². The maximum absolute atomic E-state index is 12.3. The van der Waals surface area contributed by atoms with Crippen LogP contribution in [0.15, 0.2) is 5.03 Å². The number of ether oxygens (including phenoxy) is 1. The maximum atomic E-state index is 12.3. The number of carbonyl (C=O) groups is 1. The fourth-order valence-electron chi connectivity index (χ4n) is 4.45. The van der Waals surface area contributed by atoms with Gasteiger partial charge in [0.1, 0.15) is 22.5 Å². The van der Waals surface area contributed by atoms with E-state index in [4.69, 9.17) is 16.2 Å². The van der Waals surface area contributed by atoms with Crippen LogP contribution in [0.4, 0.5) is 16.4 Å². The molecule has 0 radical (unpaired) electrons. The van der Waals surface area contributed by atoms with Crippen LogP contribution in [0.3, 0.4) is 0 Å². The third kappa shape index (κ3) is 4.87. The number of piperidine rings is 1. The molecule has 0 aromatic carbocycles. The van der Waals surface area contributed by atoms with Crippen LogP contribution in [0.5, 0.6) is 0 Å². The van der Waals surface area contributed by atoms with Gasteiger partial charge in [0.15, 0.2) is 11.6 Å². The molecular weight excluding hydrogens is 392 g/mol. The number of amides is 1. The van der Waals surface area contributed by atoms with Crippen molar-refractivity contribution in [3.8, 4) is 0 Å². The molecule has 1 aromatic rings. The largest absolute Gasteiger partial charge is 0.444 e. The van der Waals surface area contributed by atoms with Crippen molar-refractivity contribution in [2.24, 2.45) is 11.1 Å². The Morgan fingerprint density at radius 3 is 2.59 bits per heavy atom. The van der Waals surface area contributed by atoms with Crippen molar-refractivity contribution >= 4 is 30.4 Å². The molecule has 162 valence electrons. The van der Waals surface area contributed by atoms with Crippen LogP contribution in [0, 0.1) is 5.41 Å². The van der Waals surface area contributed by atoms with E-state index in [2.05, 4.69) is 32.8 Å². The van der Waals surface area contributed by atoms with Gasteiger partial charge in [-0.25, -0.2) is 14.8 Å². The number of hydrogen-bond acceptors (Lipinski definition) is 9. The number of thiol groups is 1. The molecule has 0 bridgehead atoms. The van der Waals surface area contributed by atoms with Crippen molar-refractivity contribution in [2.45, 2.75) is 75.8 Å². The highest BCUT2D eigenvalue weighted by atomic mass is 32.1. The van der Waals surface area contributed by atoms with Crippen molar-refractivity contribution in [3.05, 3.63) is 5.69 Å². The predicted octanol–water partition coefficient (Wildman–Crippen LogP) is 1.96. The monoisotopic (exact) mass is 424 g/mol. The van der Waals surface area contributed by atoms with Crippen LogP contribution in [0.1, 0.15) is 64.8 Å². The van der Waals surface area contributed by atoms with Gasteiger partial charge in [0.2, 0.25) is 0 Å². The molecule has 1 aromatic heterocycles. The van der Waals surface area contributed by atoms with E-state index in [1.165, 1.54) is 0 Å². The number of aliphatic hydroxyl groups is 1. The SMILES string of the molecule is CC(C)(C)OC(=O)N[C@@H]1CCCC12CCN(c1nc(N)c(S)nc1C(N)O)CC2. The van der Waals surface area contributed by atoms with E-state index < -0.39 is 11.8 Å². The standard InChI is InChI=1S/C19H32N6O3S/c1-18(2,3)28-17(27)22-11-5-4-6-19(11)7-9-25(10-8-19)15-12(14(21)26)23-16(29)13(20)24-15/h11,14,26H,4-10,21H2,1-3H3,(H2,20,24)(H,22,27)(H,23,29)/t11-,14?/m1/s1. The lowest BCUT2D eigenvalue weighted by molar-refractivity contribution is 0.0442. The van der Waals surface area contributed by atoms with Crippen LogP contribution in [-0.4, -0.2) is 45.9 Å². The Morgan fingerprint density at radius 1 is 1.34 bits per heavy atom. The van der Waals surface area contributed by atoms with Crippen molar-refractivity contribution in [1.82, 2.24) is 15.3 Å². The number of aliphatic hydroxyl groups excluding tert-OH is 1. The maximum Gasteiger partial charge on any atom is 0.407 e. The first kappa shape index (κ1) is 21.9. The van der Waals surface area contributed by atoms with Crippen LogP contribution in [0.25, 0.3) is 0 Å². The summed E-state index contributed by atoms with van der Waals surface area (Å²) in [6.07, 6.45) is 3.25. The molecule has 9 nitrogen and oxygen atoms in total. The van der Waals surface area contributed by atoms with E-state index in [1.54, 1.807) is 0 Å². The molecule has 1 saturated carbocycles. The van der Waals surface area contributed by atoms with Gasteiger partial charge in [-0.05, 0) is 51.9 Å². The average Bonchev–Trinajstić information content (AvgIpc) is 2.97. The summed E-state index contributed by atoms with van der Waals surface area (Å²) >= 11 is 4.18. The number of nitrogen functional groups attached to an aromatic ring is 1. The summed E-state index contributed by atoms with van der Waals surface area (Å²) in [5, 5.41) is 13.3. The minimum atomic E-state index is -1.26. The fraction of sp³-hybridized carbons (Fsp3) is 0.737. The molecule has 10 heteroatoms. The zero-order chi connectivity index (χ0) is 21.4. The summed E-state index contributed by atoms with van der Waals surface area (Å²) in [7, 11) is 0. The first-order valence-corrected chi connectivity index (χ1v) is 10.5. The number of aromatic nitrogens is 2. The first-order valence-electron chi connectivity index (χ1n) is 10.1. The topological polar surface area (TPSA) is 140 Å². The molecule has 1 spiro atoms. The molecule has 1 aliphatic heterocycles. The summed E-state index contributed by atoms with van der Waals surface area (Å²) in [6.45, 7) is 7.02. The Bertz CT molecular complexity index is 759. The number of rotatable bonds is 3. The van der Waals surface area contributed by atoms with Crippen molar-refractivity contribution < 1.29 is 14.6 Å². The molecule has 2 atom stereocenters. The molecule has 2 aliphatic rings. The number of carbonyl (C=O) groups excluding carboxylic acids is 1. The normalized spacial score (nSPS) is 22.6. The minimum Gasteiger partial charge on any atom is -0.444 e. The van der Waals surface area contributed by atoms with Gasteiger partial charge in [0.25, 0.3) is 0 Å². The molecule has 1 unspecified atom stereocenters. The summed E-state index contributed by atoms with van der Waals surface area (Å²) < 4.78 is 5.45. The number of anilines is 2. The van der Waals surface area contributed by atoms with E-state index in [-0.39, 0.29) is 34.1 Å². The highest BCUT2D eigenvalue weighted by molar-refractivity contribution is 7.80. The third-order valence-electron chi connectivity index (χ3n) is 5.85. The van der Waals surface area contributed by atoms with Gasteiger partial charge < -0.3 is 31.5 Å². The predicted molar refractivity (Wildman–Crippen MR) is 114 cm³/mol. The van der Waals surface area contributed by atoms with Crippen LogP contribution in [0.2, 0.25) is 0 Å². The molecule has 1 amide bonds. The van der Waals surface area contributed by atoms with Gasteiger partial charge in [0.05, 0.1) is 0 Å². The molecule has 29 heavy (non-hydrogen) atoms. The summed E-state index contributed by atoms with van der Waals surface area (Å²) in [5.74, 6) is 0.707. The Hall–Kier alpha value is -1.78. The molecule has 2 heterocycles. The summed E-state index contributed by atoms with van der Waals surface area (Å²) in [6, 6.07) is 0.0926. The lowest BCUT2D eigenvalue weighted by atomic mass is 9.74. The van der Waals surface area contributed by atoms with E-state index >= 15 is 0 Å². The molecular formula is C19H32N6O3S. The van der Waals surface area contributed by atoms with E-state index in [0.717, 1.165) is 32.1 Å². The second-order valence-electron chi connectivity index (χ2n) is 9.03. The third-order valence-corrected chi connectivity index (χ3v) is 6.18. The number of nitrogens with one attached hydrogen (secondary N) is 1. The molecule has 1 saturated heterocycles. The van der Waals surface area contributed by atoms with Crippen molar-refractivity contribution in [3.63, 3.8) is 0 Å². The highest BCUT2D eigenvalue weighted by Crippen LogP contribution is 2.47. The van der Waals surface area contributed by atoms with E-state index in [9.17, 15) is 9.90 Å². The number of nitrogens with zero attached hydrogens (tertiary/aromatic N) is 3. The van der Waals surface area contributed by atoms with Gasteiger partial charge in [-0.15, -0.1) is 12.6 Å². The van der Waals surface area contributed by atoms with Gasteiger partial charge in [-0.3, -0.25) is 0 Å². The zero-order valence-electron chi connectivity index (χ0n) is 17.3. The van der Waals surface area contributed by atoms with E-state index in [1.807, 2.05) is 20.8 Å². The quantitative estimate of drug-likeness (QED) is 0.366. The second-order valence-corrected chi connectivity index (χ2v) is 9.45. The summed E-state index contributed by atoms with van der Waals surface area (Å²) in [5.41, 5.74) is 11.3. The Kier molecular flexibility index (Phi) is 6.16. The van der Waals surface area contributed by atoms with Crippen LogP contribution in [-0.2, 0) is 4.74 Å².